The van der Waals surface area contributed by atoms with Crippen LogP contribution >= 0.6 is 11.3 Å². The van der Waals surface area contributed by atoms with Crippen molar-refractivity contribution in [2.75, 3.05) is 11.9 Å². The third-order valence-corrected chi connectivity index (χ3v) is 6.19. The smallest absolute Gasteiger partial charge is 0.264 e. The highest BCUT2D eigenvalue weighted by atomic mass is 32.1. The van der Waals surface area contributed by atoms with Crippen molar-refractivity contribution in [1.29, 1.82) is 0 Å². The number of rotatable bonds is 8. The maximum atomic E-state index is 12.3. The number of aromatic nitrogens is 1. The minimum Gasteiger partial charge on any atom is -0.484 e. The second kappa shape index (κ2) is 9.86. The first-order valence-electron chi connectivity index (χ1n) is 11.0. The molecule has 0 saturated heterocycles. The van der Waals surface area contributed by atoms with Crippen LogP contribution in [0.15, 0.2) is 54.7 Å². The van der Waals surface area contributed by atoms with Gasteiger partial charge in [-0.3, -0.25) is 10.1 Å². The van der Waals surface area contributed by atoms with E-state index in [1.807, 2.05) is 18.3 Å². The molecule has 0 unspecified atom stereocenters. The van der Waals surface area contributed by atoms with Crippen LogP contribution in [-0.4, -0.2) is 17.5 Å². The van der Waals surface area contributed by atoms with Gasteiger partial charge in [0.2, 0.25) is 0 Å². The molecule has 1 aromatic heterocycles. The third-order valence-electron chi connectivity index (χ3n) is 5.28. The molecule has 0 atom stereocenters. The van der Waals surface area contributed by atoms with Crippen molar-refractivity contribution in [3.8, 4) is 5.75 Å². The minimum atomic E-state index is -0.210. The van der Waals surface area contributed by atoms with Gasteiger partial charge in [-0.15, -0.1) is 11.3 Å². The lowest BCUT2D eigenvalue weighted by atomic mass is 9.72. The molecule has 0 fully saturated rings. The Bertz CT molecular complexity index is 1030. The first kappa shape index (κ1) is 24.0. The number of carbonyl (C=O) groups excluding carboxylic acids is 1. The monoisotopic (exact) mass is 450 g/mol. The third kappa shape index (κ3) is 7.20. The summed E-state index contributed by atoms with van der Waals surface area (Å²) < 4.78 is 5.69. The number of hydrogen-bond acceptors (Lipinski definition) is 4. The quantitative estimate of drug-likeness (QED) is 0.412. The van der Waals surface area contributed by atoms with Gasteiger partial charge in [0.25, 0.3) is 5.91 Å². The number of ether oxygens (including phenoxy) is 1. The number of hydrogen-bond donors (Lipinski definition) is 1. The molecule has 170 valence electrons. The normalized spacial score (nSPS) is 11.9. The van der Waals surface area contributed by atoms with Gasteiger partial charge in [-0.25, -0.2) is 4.98 Å². The fraction of sp³-hybridized carbons (Fsp3) is 0.407. The van der Waals surface area contributed by atoms with Crippen LogP contribution in [0, 0.1) is 12.3 Å². The van der Waals surface area contributed by atoms with Crippen LogP contribution in [0.1, 0.15) is 62.6 Å². The molecule has 2 aromatic carbocycles. The van der Waals surface area contributed by atoms with E-state index < -0.39 is 0 Å². The molecule has 0 radical (unpaired) electrons. The Labute approximate surface area is 196 Å². The fourth-order valence-corrected chi connectivity index (χ4v) is 4.95. The van der Waals surface area contributed by atoms with Crippen LogP contribution in [0.4, 0.5) is 5.13 Å². The van der Waals surface area contributed by atoms with Crippen LogP contribution in [0.25, 0.3) is 0 Å². The highest BCUT2D eigenvalue weighted by Gasteiger charge is 2.27. The van der Waals surface area contributed by atoms with E-state index in [1.165, 1.54) is 28.0 Å². The predicted octanol–water partition coefficient (Wildman–Crippen LogP) is 6.77. The number of nitrogens with zero attached hydrogens (tertiary/aromatic N) is 1. The van der Waals surface area contributed by atoms with Gasteiger partial charge in [-0.2, -0.15) is 0 Å². The number of benzene rings is 2. The maximum Gasteiger partial charge on any atom is 0.264 e. The summed E-state index contributed by atoms with van der Waals surface area (Å²) in [5.74, 6) is 0.480. The summed E-state index contributed by atoms with van der Waals surface area (Å²) >= 11 is 1.49. The zero-order valence-electron chi connectivity index (χ0n) is 20.0. The molecular formula is C27H34N2O2S. The van der Waals surface area contributed by atoms with E-state index >= 15 is 0 Å². The molecule has 0 spiro atoms. The molecule has 5 heteroatoms. The molecule has 0 saturated carbocycles. The predicted molar refractivity (Wildman–Crippen MR) is 134 cm³/mol. The first-order valence-corrected chi connectivity index (χ1v) is 11.9. The number of anilines is 1. The summed E-state index contributed by atoms with van der Waals surface area (Å²) in [6.45, 7) is 13.4. The van der Waals surface area contributed by atoms with E-state index in [4.69, 9.17) is 4.74 Å². The lowest BCUT2D eigenvalue weighted by Crippen LogP contribution is -2.24. The molecule has 3 aromatic rings. The summed E-state index contributed by atoms with van der Waals surface area (Å²) in [4.78, 5) is 17.7. The molecular weight excluding hydrogens is 416 g/mol. The molecule has 0 aliphatic heterocycles. The lowest BCUT2D eigenvalue weighted by Gasteiger charge is -2.33. The van der Waals surface area contributed by atoms with Crippen molar-refractivity contribution >= 4 is 22.4 Å². The van der Waals surface area contributed by atoms with Crippen molar-refractivity contribution in [1.82, 2.24) is 4.98 Å². The lowest BCUT2D eigenvalue weighted by molar-refractivity contribution is -0.118. The highest BCUT2D eigenvalue weighted by Crippen LogP contribution is 2.36. The van der Waals surface area contributed by atoms with E-state index in [0.717, 1.165) is 17.7 Å². The number of amides is 1. The minimum absolute atomic E-state index is 0.0440. The Morgan fingerprint density at radius 3 is 2.28 bits per heavy atom. The Hall–Kier alpha value is -2.66. The molecule has 4 nitrogen and oxygen atoms in total. The van der Waals surface area contributed by atoms with Gasteiger partial charge in [0.1, 0.15) is 5.75 Å². The molecule has 0 aliphatic carbocycles. The van der Waals surface area contributed by atoms with Crippen molar-refractivity contribution in [3.05, 3.63) is 76.3 Å². The van der Waals surface area contributed by atoms with Gasteiger partial charge in [0, 0.05) is 17.5 Å². The Balaban J connectivity index is 1.50. The van der Waals surface area contributed by atoms with Crippen molar-refractivity contribution in [2.45, 2.75) is 59.8 Å². The van der Waals surface area contributed by atoms with Gasteiger partial charge in [-0.05, 0) is 47.4 Å². The average molecular weight is 451 g/mol. The second-order valence-corrected chi connectivity index (χ2v) is 11.4. The van der Waals surface area contributed by atoms with E-state index in [2.05, 4.69) is 88.2 Å². The van der Waals surface area contributed by atoms with Crippen molar-refractivity contribution < 1.29 is 9.53 Å². The fourth-order valence-electron chi connectivity index (χ4n) is 4.09. The van der Waals surface area contributed by atoms with E-state index in [1.54, 1.807) is 0 Å². The van der Waals surface area contributed by atoms with Gasteiger partial charge >= 0.3 is 0 Å². The zero-order chi connectivity index (χ0) is 23.4. The van der Waals surface area contributed by atoms with Gasteiger partial charge in [0.05, 0.1) is 0 Å². The van der Waals surface area contributed by atoms with Gasteiger partial charge < -0.3 is 4.74 Å². The van der Waals surface area contributed by atoms with Crippen molar-refractivity contribution in [3.63, 3.8) is 0 Å². The van der Waals surface area contributed by atoms with E-state index in [0.29, 0.717) is 10.9 Å². The Morgan fingerprint density at radius 2 is 1.66 bits per heavy atom. The molecule has 0 bridgehead atoms. The Kier molecular flexibility index (Phi) is 7.40. The summed E-state index contributed by atoms with van der Waals surface area (Å²) in [5.41, 5.74) is 4.08. The Morgan fingerprint density at radius 1 is 1.00 bits per heavy atom. The SMILES string of the molecule is Cc1ccc(Cc2cnc(NC(=O)COc3ccc(C(C)(C)CC(C)(C)C)cc3)s2)cc1. The average Bonchev–Trinajstić information content (AvgIpc) is 3.13. The topological polar surface area (TPSA) is 51.2 Å². The second-order valence-electron chi connectivity index (χ2n) is 10.3. The standard InChI is InChI=1S/C27H34N2O2S/c1-19-7-9-20(10-8-19)15-23-16-28-25(32-23)29-24(30)17-31-22-13-11-21(12-14-22)27(5,6)18-26(2,3)4/h7-14,16H,15,17-18H2,1-6H3,(H,28,29,30). The molecule has 1 amide bonds. The summed E-state index contributed by atoms with van der Waals surface area (Å²) in [6.07, 6.45) is 3.71. The van der Waals surface area contributed by atoms with Gasteiger partial charge in [0.15, 0.2) is 11.7 Å². The highest BCUT2D eigenvalue weighted by molar-refractivity contribution is 7.15. The van der Waals surface area contributed by atoms with Crippen molar-refractivity contribution in [2.24, 2.45) is 5.41 Å². The molecule has 32 heavy (non-hydrogen) atoms. The number of thiazole rings is 1. The molecule has 1 N–H and O–H groups in total. The van der Waals surface area contributed by atoms with E-state index in [-0.39, 0.29) is 23.3 Å². The maximum absolute atomic E-state index is 12.3. The largest absolute Gasteiger partial charge is 0.484 e. The molecule has 3 rings (SSSR count). The first-order chi connectivity index (χ1) is 15.0. The number of aryl methyl sites for hydroxylation is 1. The van der Waals surface area contributed by atoms with Crippen LogP contribution < -0.4 is 10.1 Å². The van der Waals surface area contributed by atoms with Crippen LogP contribution in [0.5, 0.6) is 5.75 Å². The van der Waals surface area contributed by atoms with Gasteiger partial charge in [-0.1, -0.05) is 76.6 Å². The van der Waals surface area contributed by atoms with Crippen LogP contribution in [0.3, 0.4) is 0 Å². The summed E-state index contributed by atoms with van der Waals surface area (Å²) in [6, 6.07) is 16.5. The molecule has 0 aliphatic rings. The molecule has 1 heterocycles. The van der Waals surface area contributed by atoms with E-state index in [9.17, 15) is 4.79 Å². The zero-order valence-corrected chi connectivity index (χ0v) is 20.8. The summed E-state index contributed by atoms with van der Waals surface area (Å²) in [5, 5.41) is 3.43. The van der Waals surface area contributed by atoms with Crippen LogP contribution in [0.2, 0.25) is 0 Å². The van der Waals surface area contributed by atoms with Crippen LogP contribution in [-0.2, 0) is 16.6 Å². The summed E-state index contributed by atoms with van der Waals surface area (Å²) in [7, 11) is 0. The number of carbonyl (C=O) groups is 1. The number of nitrogens with one attached hydrogen (secondary N) is 1.